The van der Waals surface area contributed by atoms with Crippen molar-refractivity contribution in [1.82, 2.24) is 9.55 Å². The molecule has 1 N–H and O–H groups in total. The summed E-state index contributed by atoms with van der Waals surface area (Å²) in [5, 5.41) is 9.17. The molecule has 3 aromatic rings. The summed E-state index contributed by atoms with van der Waals surface area (Å²) < 4.78 is 39.8. The number of allylic oxidation sites excluding steroid dienone is 1. The predicted molar refractivity (Wildman–Crippen MR) is 104 cm³/mol. The lowest BCUT2D eigenvalue weighted by Crippen LogP contribution is -2.10. The van der Waals surface area contributed by atoms with Crippen molar-refractivity contribution in [1.29, 1.82) is 0 Å². The van der Waals surface area contributed by atoms with E-state index in [4.69, 9.17) is 5.11 Å². The van der Waals surface area contributed by atoms with E-state index in [1.165, 1.54) is 12.1 Å². The van der Waals surface area contributed by atoms with Gasteiger partial charge in [-0.2, -0.15) is 0 Å². The number of carboxylic acids is 1. The Bertz CT molecular complexity index is 1150. The van der Waals surface area contributed by atoms with Crippen LogP contribution in [0.3, 0.4) is 0 Å². The normalized spacial score (nSPS) is 12.1. The van der Waals surface area contributed by atoms with Crippen LogP contribution in [-0.2, 0) is 26.9 Å². The maximum atomic E-state index is 13.0. The van der Waals surface area contributed by atoms with Crippen molar-refractivity contribution >= 4 is 32.9 Å². The third-order valence-corrected chi connectivity index (χ3v) is 5.87. The topological polar surface area (TPSA) is 89.3 Å². The highest BCUT2D eigenvalue weighted by Crippen LogP contribution is 2.23. The van der Waals surface area contributed by atoms with E-state index < -0.39 is 21.6 Å². The fourth-order valence-corrected chi connectivity index (χ4v) is 4.22. The van der Waals surface area contributed by atoms with Crippen molar-refractivity contribution in [3.63, 3.8) is 0 Å². The van der Waals surface area contributed by atoms with E-state index in [0.717, 1.165) is 18.6 Å². The Balaban J connectivity index is 1.98. The van der Waals surface area contributed by atoms with Crippen molar-refractivity contribution < 1.29 is 22.7 Å². The molecule has 6 nitrogen and oxygen atoms in total. The molecule has 28 heavy (non-hydrogen) atoms. The number of hydrogen-bond acceptors (Lipinski definition) is 4. The van der Waals surface area contributed by atoms with Crippen LogP contribution in [0.4, 0.5) is 4.39 Å². The molecule has 0 aliphatic rings. The molecule has 0 saturated heterocycles. The molecule has 8 heteroatoms. The van der Waals surface area contributed by atoms with Gasteiger partial charge in [0.25, 0.3) is 0 Å². The van der Waals surface area contributed by atoms with Gasteiger partial charge in [0.15, 0.2) is 9.84 Å². The van der Waals surface area contributed by atoms with Crippen LogP contribution in [0.15, 0.2) is 53.4 Å². The summed E-state index contributed by atoms with van der Waals surface area (Å²) in [5.41, 5.74) is 1.65. The van der Waals surface area contributed by atoms with Crippen molar-refractivity contribution in [2.45, 2.75) is 30.5 Å². The van der Waals surface area contributed by atoms with Crippen LogP contribution in [0.25, 0.3) is 17.1 Å². The number of hydrogen-bond donors (Lipinski definition) is 1. The quantitative estimate of drug-likeness (QED) is 0.609. The monoisotopic (exact) mass is 402 g/mol. The number of benzene rings is 2. The first-order chi connectivity index (χ1) is 13.3. The zero-order chi connectivity index (χ0) is 20.3. The average Bonchev–Trinajstić information content (AvgIpc) is 2.96. The summed E-state index contributed by atoms with van der Waals surface area (Å²) in [7, 11) is -3.64. The lowest BCUT2D eigenvalue weighted by Gasteiger charge is -2.06. The van der Waals surface area contributed by atoms with Gasteiger partial charge in [0, 0.05) is 0 Å². The van der Waals surface area contributed by atoms with Crippen molar-refractivity contribution in [3.05, 3.63) is 65.7 Å². The van der Waals surface area contributed by atoms with Crippen molar-refractivity contribution in [3.8, 4) is 0 Å². The van der Waals surface area contributed by atoms with Gasteiger partial charge in [-0.1, -0.05) is 19.1 Å². The number of sulfone groups is 1. The Kier molecular flexibility index (Phi) is 5.60. The van der Waals surface area contributed by atoms with Crippen LogP contribution < -0.4 is 0 Å². The van der Waals surface area contributed by atoms with Gasteiger partial charge in [-0.05, 0) is 54.5 Å². The molecule has 0 aliphatic carbocycles. The van der Waals surface area contributed by atoms with Crippen molar-refractivity contribution in [2.75, 3.05) is 0 Å². The van der Waals surface area contributed by atoms with E-state index in [-0.39, 0.29) is 17.2 Å². The SMILES string of the molecule is CC/C=C/c1nc2cc(CS(=O)(=O)c3ccc(F)cc3)ccc2n1CC(=O)O. The molecule has 0 bridgehead atoms. The summed E-state index contributed by atoms with van der Waals surface area (Å²) >= 11 is 0. The van der Waals surface area contributed by atoms with E-state index in [1.54, 1.807) is 28.8 Å². The van der Waals surface area contributed by atoms with Crippen molar-refractivity contribution in [2.24, 2.45) is 0 Å². The highest BCUT2D eigenvalue weighted by molar-refractivity contribution is 7.90. The third-order valence-electron chi connectivity index (χ3n) is 4.17. The number of imidazole rings is 1. The second-order valence-electron chi connectivity index (χ2n) is 6.30. The minimum atomic E-state index is -3.64. The van der Waals surface area contributed by atoms with Gasteiger partial charge in [0.2, 0.25) is 0 Å². The van der Waals surface area contributed by atoms with Crippen LogP contribution >= 0.6 is 0 Å². The lowest BCUT2D eigenvalue weighted by molar-refractivity contribution is -0.137. The molecule has 0 saturated carbocycles. The largest absolute Gasteiger partial charge is 0.480 e. The molecule has 0 unspecified atom stereocenters. The van der Waals surface area contributed by atoms with Gasteiger partial charge in [0.05, 0.1) is 21.7 Å². The molecular formula is C20H19FN2O4S. The van der Waals surface area contributed by atoms with Crippen LogP contribution in [0.1, 0.15) is 24.7 Å². The zero-order valence-electron chi connectivity index (χ0n) is 15.2. The minimum Gasteiger partial charge on any atom is -0.480 e. The molecule has 2 aromatic carbocycles. The first kappa shape index (κ1) is 19.8. The molecule has 0 spiro atoms. The Labute approximate surface area is 161 Å². The number of carbonyl (C=O) groups is 1. The summed E-state index contributed by atoms with van der Waals surface area (Å²) in [6, 6.07) is 9.63. The highest BCUT2D eigenvalue weighted by atomic mass is 32.2. The van der Waals surface area contributed by atoms with E-state index in [2.05, 4.69) is 4.98 Å². The second kappa shape index (κ2) is 7.93. The number of fused-ring (bicyclic) bond motifs is 1. The van der Waals surface area contributed by atoms with Crippen LogP contribution in [-0.4, -0.2) is 29.0 Å². The van der Waals surface area contributed by atoms with Crippen LogP contribution in [0.2, 0.25) is 0 Å². The molecule has 146 valence electrons. The molecule has 0 aliphatic heterocycles. The molecule has 0 amide bonds. The number of nitrogens with zero attached hydrogens (tertiary/aromatic N) is 2. The lowest BCUT2D eigenvalue weighted by atomic mass is 10.2. The number of halogens is 1. The molecule has 3 rings (SSSR count). The first-order valence-corrected chi connectivity index (χ1v) is 10.3. The maximum absolute atomic E-state index is 13.0. The second-order valence-corrected chi connectivity index (χ2v) is 8.29. The average molecular weight is 402 g/mol. The summed E-state index contributed by atoms with van der Waals surface area (Å²) in [5.74, 6) is -1.26. The van der Waals surface area contributed by atoms with Gasteiger partial charge >= 0.3 is 5.97 Å². The van der Waals surface area contributed by atoms with E-state index in [0.29, 0.717) is 22.4 Å². The fraction of sp³-hybridized carbons (Fsp3) is 0.200. The summed E-state index contributed by atoms with van der Waals surface area (Å²) in [6.45, 7) is 1.71. The Morgan fingerprint density at radius 2 is 1.93 bits per heavy atom. The number of aliphatic carboxylic acids is 1. The van der Waals surface area contributed by atoms with Crippen LogP contribution in [0.5, 0.6) is 0 Å². The summed E-state index contributed by atoms with van der Waals surface area (Å²) in [4.78, 5) is 15.7. The molecule has 0 radical (unpaired) electrons. The van der Waals surface area contributed by atoms with E-state index in [1.807, 2.05) is 13.0 Å². The molecule has 0 atom stereocenters. The Hall–Kier alpha value is -3.00. The van der Waals surface area contributed by atoms with Gasteiger partial charge in [-0.3, -0.25) is 4.79 Å². The van der Waals surface area contributed by atoms with Gasteiger partial charge < -0.3 is 9.67 Å². The van der Waals surface area contributed by atoms with Gasteiger partial charge in [0.1, 0.15) is 18.2 Å². The molecule has 0 fully saturated rings. The van der Waals surface area contributed by atoms with E-state index in [9.17, 15) is 17.6 Å². The summed E-state index contributed by atoms with van der Waals surface area (Å²) in [6.07, 6.45) is 4.40. The Morgan fingerprint density at radius 1 is 1.21 bits per heavy atom. The zero-order valence-corrected chi connectivity index (χ0v) is 16.0. The van der Waals surface area contributed by atoms with Gasteiger partial charge in [-0.15, -0.1) is 0 Å². The third kappa shape index (κ3) is 4.28. The molecule has 1 heterocycles. The predicted octanol–water partition coefficient (Wildman–Crippen LogP) is 3.66. The first-order valence-electron chi connectivity index (χ1n) is 8.66. The smallest absolute Gasteiger partial charge is 0.323 e. The highest BCUT2D eigenvalue weighted by Gasteiger charge is 2.17. The molecule has 1 aromatic heterocycles. The standard InChI is InChI=1S/C20H19FN2O4S/c1-2-3-4-19-22-17-11-14(5-10-18(17)23(19)12-20(24)25)13-28(26,27)16-8-6-15(21)7-9-16/h3-11H,2,12-13H2,1H3,(H,24,25)/b4-3+. The molecular weight excluding hydrogens is 383 g/mol. The van der Waals surface area contributed by atoms with E-state index >= 15 is 0 Å². The maximum Gasteiger partial charge on any atom is 0.323 e. The minimum absolute atomic E-state index is 0.0389. The number of carboxylic acid groups (broad SMARTS) is 1. The van der Waals surface area contributed by atoms with Crippen LogP contribution in [0, 0.1) is 5.82 Å². The van der Waals surface area contributed by atoms with Gasteiger partial charge in [-0.25, -0.2) is 17.8 Å². The number of rotatable bonds is 7. The fourth-order valence-electron chi connectivity index (χ4n) is 2.88. The number of aromatic nitrogens is 2. The Morgan fingerprint density at radius 3 is 2.57 bits per heavy atom.